The molecule has 0 radical (unpaired) electrons. The maximum Gasteiger partial charge on any atom is 0.242 e. The summed E-state index contributed by atoms with van der Waals surface area (Å²) in [4.78, 5) is 16.4. The van der Waals surface area contributed by atoms with Gasteiger partial charge < -0.3 is 0 Å². The zero-order chi connectivity index (χ0) is 13.3. The molecule has 1 aliphatic rings. The van der Waals surface area contributed by atoms with Crippen LogP contribution in [0.2, 0.25) is 0 Å². The van der Waals surface area contributed by atoms with Crippen molar-refractivity contribution in [3.05, 3.63) is 35.4 Å². The van der Waals surface area contributed by atoms with Crippen LogP contribution in [0, 0.1) is 5.92 Å². The van der Waals surface area contributed by atoms with Gasteiger partial charge in [0.15, 0.2) is 0 Å². The first-order valence-electron chi connectivity index (χ1n) is 6.13. The van der Waals surface area contributed by atoms with Crippen molar-refractivity contribution in [2.45, 2.75) is 32.7 Å². The summed E-state index contributed by atoms with van der Waals surface area (Å²) < 4.78 is 0. The number of nitrogens with one attached hydrogen (secondary N) is 1. The molecule has 0 unspecified atom stereocenters. The summed E-state index contributed by atoms with van der Waals surface area (Å²) in [6, 6.07) is 8.10. The molecule has 1 aromatic carbocycles. The Kier molecular flexibility index (Phi) is 3.22. The summed E-state index contributed by atoms with van der Waals surface area (Å²) in [7, 11) is 0. The molecule has 2 rings (SSSR count). The number of benzene rings is 1. The van der Waals surface area contributed by atoms with Crippen LogP contribution in [-0.2, 0) is 11.2 Å². The summed E-state index contributed by atoms with van der Waals surface area (Å²) in [5, 5.41) is 0. The lowest BCUT2D eigenvalue weighted by atomic mass is 9.83. The molecule has 3 N–H and O–H groups in total. The average molecular weight is 245 g/mol. The van der Waals surface area contributed by atoms with Crippen molar-refractivity contribution in [1.82, 2.24) is 5.43 Å². The van der Waals surface area contributed by atoms with E-state index in [1.807, 2.05) is 25.1 Å². The van der Waals surface area contributed by atoms with E-state index in [2.05, 4.69) is 25.3 Å². The Bertz CT molecular complexity index is 506. The number of carbonyl (C=O) groups excluding carboxylic acids is 1. The van der Waals surface area contributed by atoms with Gasteiger partial charge in [-0.2, -0.15) is 0 Å². The van der Waals surface area contributed by atoms with Crippen molar-refractivity contribution >= 4 is 11.6 Å². The van der Waals surface area contributed by atoms with Gasteiger partial charge in [-0.05, 0) is 38.3 Å². The molecule has 0 fully saturated rings. The Labute approximate surface area is 107 Å². The lowest BCUT2D eigenvalue weighted by molar-refractivity contribution is -0.122. The topological polar surface area (TPSA) is 67.5 Å². The fraction of sp³-hybridized carbons (Fsp3) is 0.429. The number of nitrogens with zero attached hydrogens (tertiary/aromatic N) is 1. The smallest absolute Gasteiger partial charge is 0.242 e. The van der Waals surface area contributed by atoms with Gasteiger partial charge >= 0.3 is 0 Å². The van der Waals surface area contributed by atoms with E-state index in [1.165, 1.54) is 5.56 Å². The summed E-state index contributed by atoms with van der Waals surface area (Å²) in [6.07, 6.45) is 0.892. The van der Waals surface area contributed by atoms with Crippen molar-refractivity contribution in [3.63, 3.8) is 0 Å². The number of amides is 1. The molecule has 1 aliphatic heterocycles. The highest BCUT2D eigenvalue weighted by Crippen LogP contribution is 2.29. The molecule has 18 heavy (non-hydrogen) atoms. The summed E-state index contributed by atoms with van der Waals surface area (Å²) in [5.41, 5.74) is 5.15. The second kappa shape index (κ2) is 4.53. The molecular weight excluding hydrogens is 226 g/mol. The van der Waals surface area contributed by atoms with Crippen LogP contribution in [0.3, 0.4) is 0 Å². The predicted molar refractivity (Wildman–Crippen MR) is 72.3 cm³/mol. The van der Waals surface area contributed by atoms with E-state index < -0.39 is 0 Å². The Morgan fingerprint density at radius 2 is 2.11 bits per heavy atom. The third kappa shape index (κ3) is 2.29. The van der Waals surface area contributed by atoms with Gasteiger partial charge in [0.05, 0.1) is 17.2 Å². The summed E-state index contributed by atoms with van der Waals surface area (Å²) >= 11 is 0. The molecular formula is C14H19N3O. The van der Waals surface area contributed by atoms with Gasteiger partial charge in [-0.1, -0.05) is 24.3 Å². The second-order valence-electron chi connectivity index (χ2n) is 5.37. The summed E-state index contributed by atoms with van der Waals surface area (Å²) in [6.45, 7) is 5.99. The maximum absolute atomic E-state index is 11.7. The van der Waals surface area contributed by atoms with Gasteiger partial charge in [0, 0.05) is 0 Å². The maximum atomic E-state index is 11.7. The van der Waals surface area contributed by atoms with Crippen LogP contribution in [0.25, 0.3) is 0 Å². The number of rotatable bonds is 2. The molecule has 1 amide bonds. The molecule has 0 saturated heterocycles. The zero-order valence-corrected chi connectivity index (χ0v) is 11.0. The molecule has 4 heteroatoms. The Hall–Kier alpha value is -1.68. The highest BCUT2D eigenvalue weighted by atomic mass is 16.2. The number of aliphatic imine (C=N–C) groups is 1. The number of carbonyl (C=O) groups is 1. The lowest BCUT2D eigenvalue weighted by Gasteiger charge is -2.30. The van der Waals surface area contributed by atoms with Gasteiger partial charge in [-0.25, -0.2) is 5.84 Å². The number of fused-ring (bicyclic) bond motifs is 1. The largest absolute Gasteiger partial charge is 0.294 e. The van der Waals surface area contributed by atoms with E-state index in [4.69, 9.17) is 10.8 Å². The van der Waals surface area contributed by atoms with E-state index in [-0.39, 0.29) is 17.4 Å². The minimum absolute atomic E-state index is 0.174. The van der Waals surface area contributed by atoms with Gasteiger partial charge in [0.25, 0.3) is 0 Å². The van der Waals surface area contributed by atoms with Gasteiger partial charge in [-0.3, -0.25) is 15.2 Å². The van der Waals surface area contributed by atoms with Crippen LogP contribution >= 0.6 is 0 Å². The van der Waals surface area contributed by atoms with Crippen molar-refractivity contribution in [2.24, 2.45) is 16.8 Å². The Morgan fingerprint density at radius 1 is 1.44 bits per heavy atom. The third-order valence-corrected chi connectivity index (χ3v) is 3.29. The quantitative estimate of drug-likeness (QED) is 0.470. The van der Waals surface area contributed by atoms with E-state index >= 15 is 0 Å². The molecule has 0 aliphatic carbocycles. The highest BCUT2D eigenvalue weighted by Gasteiger charge is 2.30. The van der Waals surface area contributed by atoms with Crippen LogP contribution in [0.15, 0.2) is 29.3 Å². The third-order valence-electron chi connectivity index (χ3n) is 3.29. The van der Waals surface area contributed by atoms with E-state index in [9.17, 15) is 4.79 Å². The van der Waals surface area contributed by atoms with Crippen LogP contribution in [0.4, 0.5) is 0 Å². The average Bonchev–Trinajstić information content (AvgIpc) is 2.34. The molecule has 0 saturated carbocycles. The van der Waals surface area contributed by atoms with Crippen molar-refractivity contribution in [2.75, 3.05) is 0 Å². The van der Waals surface area contributed by atoms with Crippen molar-refractivity contribution in [3.8, 4) is 0 Å². The first-order chi connectivity index (χ1) is 8.44. The zero-order valence-electron chi connectivity index (χ0n) is 11.0. The SMILES string of the molecule is C[C@H](C(=O)NN)C1=NC(C)(C)Cc2ccccc21. The Balaban J connectivity index is 2.49. The molecule has 0 aromatic heterocycles. The fourth-order valence-electron chi connectivity index (χ4n) is 2.40. The van der Waals surface area contributed by atoms with Crippen molar-refractivity contribution < 1.29 is 4.79 Å². The van der Waals surface area contributed by atoms with Crippen LogP contribution in [-0.4, -0.2) is 17.2 Å². The molecule has 1 heterocycles. The van der Waals surface area contributed by atoms with Crippen LogP contribution in [0.5, 0.6) is 0 Å². The highest BCUT2D eigenvalue weighted by molar-refractivity contribution is 6.14. The van der Waals surface area contributed by atoms with E-state index in [0.717, 1.165) is 17.7 Å². The monoisotopic (exact) mass is 245 g/mol. The van der Waals surface area contributed by atoms with Gasteiger partial charge in [0.2, 0.25) is 5.91 Å². The minimum Gasteiger partial charge on any atom is -0.294 e. The molecule has 96 valence electrons. The lowest BCUT2D eigenvalue weighted by Crippen LogP contribution is -2.41. The standard InChI is InChI=1S/C14H19N3O/c1-9(13(18)17-15)12-11-7-5-4-6-10(11)8-14(2,3)16-12/h4-7,9H,8,15H2,1-3H3,(H,17,18)/t9-/m0/s1. The first kappa shape index (κ1) is 12.8. The Morgan fingerprint density at radius 3 is 2.78 bits per heavy atom. The number of hydrogen-bond donors (Lipinski definition) is 2. The first-order valence-corrected chi connectivity index (χ1v) is 6.13. The predicted octanol–water partition coefficient (Wildman–Crippen LogP) is 1.44. The number of hydrogen-bond acceptors (Lipinski definition) is 3. The number of nitrogens with two attached hydrogens (primary N) is 1. The van der Waals surface area contributed by atoms with Crippen molar-refractivity contribution in [1.29, 1.82) is 0 Å². The van der Waals surface area contributed by atoms with Gasteiger partial charge in [0.1, 0.15) is 0 Å². The molecule has 4 nitrogen and oxygen atoms in total. The fourth-order valence-corrected chi connectivity index (χ4v) is 2.40. The number of hydrazine groups is 1. The molecule has 0 bridgehead atoms. The molecule has 0 spiro atoms. The van der Waals surface area contributed by atoms with E-state index in [0.29, 0.717) is 0 Å². The van der Waals surface area contributed by atoms with Gasteiger partial charge in [-0.15, -0.1) is 0 Å². The van der Waals surface area contributed by atoms with Crippen LogP contribution in [0.1, 0.15) is 31.9 Å². The molecule has 1 atom stereocenters. The van der Waals surface area contributed by atoms with Crippen LogP contribution < -0.4 is 11.3 Å². The second-order valence-corrected chi connectivity index (χ2v) is 5.37. The normalized spacial score (nSPS) is 18.6. The summed E-state index contributed by atoms with van der Waals surface area (Å²) in [5.74, 6) is 4.67. The molecule has 1 aromatic rings. The minimum atomic E-state index is -0.337. The van der Waals surface area contributed by atoms with E-state index in [1.54, 1.807) is 0 Å².